The summed E-state index contributed by atoms with van der Waals surface area (Å²) in [5.41, 5.74) is 7.50. The molecule has 12 heavy (non-hydrogen) atoms. The molecule has 0 aromatic heterocycles. The van der Waals surface area contributed by atoms with Crippen LogP contribution in [0.25, 0.3) is 0 Å². The monoisotopic (exact) mass is 166 g/mol. The molecule has 0 aromatic rings. The Morgan fingerprint density at radius 2 is 2.08 bits per heavy atom. The van der Waals surface area contributed by atoms with E-state index in [1.807, 2.05) is 0 Å². The minimum Gasteiger partial charge on any atom is -0.303 e. The van der Waals surface area contributed by atoms with Crippen LogP contribution in [0.15, 0.2) is 0 Å². The molecule has 1 fully saturated rings. The number of nitrogens with zero attached hydrogens (tertiary/aromatic N) is 2. The smallest absolute Gasteiger partial charge is 0.0622 e. The quantitative estimate of drug-likeness (QED) is 0.588. The number of hydrogen-bond acceptors (Lipinski definition) is 2. The zero-order valence-corrected chi connectivity index (χ0v) is 7.42. The lowest BCUT2D eigenvalue weighted by Gasteiger charge is -2.29. The minimum absolute atomic E-state index is 0.164. The van der Waals surface area contributed by atoms with E-state index >= 15 is 0 Å². The van der Waals surface area contributed by atoms with E-state index in [9.17, 15) is 0 Å². The van der Waals surface area contributed by atoms with Crippen LogP contribution in [-0.4, -0.2) is 30.6 Å². The van der Waals surface area contributed by atoms with Gasteiger partial charge in [0.15, 0.2) is 0 Å². The lowest BCUT2D eigenvalue weighted by Crippen LogP contribution is -2.36. The Morgan fingerprint density at radius 1 is 1.42 bits per heavy atom. The maximum atomic E-state index is 8.34. The van der Waals surface area contributed by atoms with Gasteiger partial charge in [0.05, 0.1) is 6.07 Å². The van der Waals surface area contributed by atoms with Crippen LogP contribution in [-0.2, 0) is 0 Å². The average Bonchev–Trinajstić information content (AvgIpc) is 2.09. The van der Waals surface area contributed by atoms with Gasteiger partial charge in [0, 0.05) is 12.5 Å². The van der Waals surface area contributed by atoms with E-state index < -0.39 is 0 Å². The van der Waals surface area contributed by atoms with Crippen LogP contribution in [0.2, 0.25) is 0 Å². The molecule has 3 heteroatoms. The Kier molecular flexibility index (Phi) is 4.06. The van der Waals surface area contributed by atoms with Crippen molar-refractivity contribution in [2.75, 3.05) is 19.6 Å². The van der Waals surface area contributed by atoms with Crippen molar-refractivity contribution in [2.45, 2.75) is 31.7 Å². The van der Waals surface area contributed by atoms with Crippen LogP contribution in [0.1, 0.15) is 25.7 Å². The highest BCUT2D eigenvalue weighted by atomic mass is 15.1. The molecule has 1 saturated heterocycles. The van der Waals surface area contributed by atoms with E-state index in [0.29, 0.717) is 6.42 Å². The van der Waals surface area contributed by atoms with Crippen molar-refractivity contribution in [3.05, 3.63) is 0 Å². The van der Waals surface area contributed by atoms with E-state index in [1.54, 1.807) is 0 Å². The highest BCUT2D eigenvalue weighted by Crippen LogP contribution is 2.09. The maximum Gasteiger partial charge on any atom is 0.0622 e. The predicted octanol–water partition coefficient (Wildman–Crippen LogP) is 1.04. The van der Waals surface area contributed by atoms with E-state index in [4.69, 9.17) is 11.0 Å². The molecule has 0 atom stereocenters. The summed E-state index contributed by atoms with van der Waals surface area (Å²) in [5, 5.41) is 8.34. The van der Waals surface area contributed by atoms with E-state index in [1.165, 1.54) is 0 Å². The molecule has 1 N–H and O–H groups in total. The van der Waals surface area contributed by atoms with Gasteiger partial charge in [-0.25, -0.2) is 0 Å². The van der Waals surface area contributed by atoms with E-state index in [-0.39, 0.29) is 6.04 Å². The zero-order chi connectivity index (χ0) is 8.81. The predicted molar refractivity (Wildman–Crippen MR) is 47.4 cm³/mol. The molecule has 1 rings (SSSR count). The van der Waals surface area contributed by atoms with Crippen molar-refractivity contribution < 1.29 is 0 Å². The number of nitrogens with one attached hydrogen (secondary N) is 1. The Balaban J connectivity index is 2.06. The third kappa shape index (κ3) is 3.21. The normalized spacial score (nSPS) is 20.7. The van der Waals surface area contributed by atoms with Crippen LogP contribution in [0.4, 0.5) is 0 Å². The zero-order valence-electron chi connectivity index (χ0n) is 7.42. The molecule has 3 nitrogen and oxygen atoms in total. The standard InChI is InChI=1S/C9H16N3/c10-5-1-2-6-12-7-3-9(11)4-8-12/h9,11H,1-4,6-8H2. The largest absolute Gasteiger partial charge is 0.303 e. The molecule has 1 heterocycles. The fourth-order valence-corrected chi connectivity index (χ4v) is 1.54. The van der Waals surface area contributed by atoms with Crippen molar-refractivity contribution in [2.24, 2.45) is 0 Å². The van der Waals surface area contributed by atoms with E-state index in [0.717, 1.165) is 38.9 Å². The number of likely N-dealkylation sites (tertiary alicyclic amines) is 1. The summed E-state index contributed by atoms with van der Waals surface area (Å²) >= 11 is 0. The van der Waals surface area contributed by atoms with Gasteiger partial charge in [0.2, 0.25) is 0 Å². The SMILES string of the molecule is N#CCCCN1CCC([NH])CC1. The first-order valence-electron chi connectivity index (χ1n) is 4.63. The molecule has 0 amide bonds. The Bertz CT molecular complexity index is 154. The van der Waals surface area contributed by atoms with Gasteiger partial charge >= 0.3 is 0 Å². The molecule has 0 unspecified atom stereocenters. The Labute approximate surface area is 74.1 Å². The van der Waals surface area contributed by atoms with Gasteiger partial charge in [-0.2, -0.15) is 5.26 Å². The first-order chi connectivity index (χ1) is 5.83. The Hall–Kier alpha value is -0.590. The van der Waals surface area contributed by atoms with Gasteiger partial charge in [0.25, 0.3) is 0 Å². The number of unbranched alkanes of at least 4 members (excludes halogenated alkanes) is 1. The average molecular weight is 166 g/mol. The number of rotatable bonds is 3. The Morgan fingerprint density at radius 3 is 2.67 bits per heavy atom. The molecular weight excluding hydrogens is 150 g/mol. The van der Waals surface area contributed by atoms with Gasteiger partial charge < -0.3 is 4.90 Å². The molecule has 0 bridgehead atoms. The van der Waals surface area contributed by atoms with Gasteiger partial charge in [-0.15, -0.1) is 0 Å². The van der Waals surface area contributed by atoms with Crippen LogP contribution in [0.5, 0.6) is 0 Å². The van der Waals surface area contributed by atoms with Crippen LogP contribution >= 0.6 is 0 Å². The van der Waals surface area contributed by atoms with Crippen LogP contribution in [0, 0.1) is 11.3 Å². The third-order valence-electron chi connectivity index (χ3n) is 2.35. The highest BCUT2D eigenvalue weighted by Gasteiger charge is 2.15. The van der Waals surface area contributed by atoms with Crippen molar-refractivity contribution >= 4 is 0 Å². The van der Waals surface area contributed by atoms with Gasteiger partial charge in [-0.3, -0.25) is 5.73 Å². The van der Waals surface area contributed by atoms with Crippen LogP contribution in [0.3, 0.4) is 0 Å². The second-order valence-corrected chi connectivity index (χ2v) is 3.38. The van der Waals surface area contributed by atoms with Crippen LogP contribution < -0.4 is 5.73 Å². The molecule has 0 spiro atoms. The van der Waals surface area contributed by atoms with E-state index in [2.05, 4.69) is 11.0 Å². The van der Waals surface area contributed by atoms with Crippen molar-refractivity contribution in [1.29, 1.82) is 5.26 Å². The van der Waals surface area contributed by atoms with Gasteiger partial charge in [-0.05, 0) is 38.9 Å². The summed E-state index contributed by atoms with van der Waals surface area (Å²) in [5.74, 6) is 0. The summed E-state index contributed by atoms with van der Waals surface area (Å²) in [4.78, 5) is 2.36. The third-order valence-corrected chi connectivity index (χ3v) is 2.35. The summed E-state index contributed by atoms with van der Waals surface area (Å²) in [7, 11) is 0. The van der Waals surface area contributed by atoms with Gasteiger partial charge in [-0.1, -0.05) is 0 Å². The second kappa shape index (κ2) is 5.13. The number of piperidine rings is 1. The fraction of sp³-hybridized carbons (Fsp3) is 0.889. The van der Waals surface area contributed by atoms with Crippen molar-refractivity contribution in [3.63, 3.8) is 0 Å². The molecule has 67 valence electrons. The second-order valence-electron chi connectivity index (χ2n) is 3.38. The summed E-state index contributed by atoms with van der Waals surface area (Å²) in [6, 6.07) is 2.32. The number of nitriles is 1. The first kappa shape index (κ1) is 9.50. The summed E-state index contributed by atoms with van der Waals surface area (Å²) in [6.07, 6.45) is 3.67. The molecule has 0 saturated carbocycles. The first-order valence-corrected chi connectivity index (χ1v) is 4.63. The number of hydrogen-bond donors (Lipinski definition) is 0. The molecule has 1 aliphatic rings. The highest BCUT2D eigenvalue weighted by molar-refractivity contribution is 4.75. The molecule has 0 aromatic carbocycles. The molecule has 1 radical (unpaired) electrons. The lowest BCUT2D eigenvalue weighted by molar-refractivity contribution is 0.209. The molecule has 1 aliphatic heterocycles. The lowest BCUT2D eigenvalue weighted by atomic mass is 10.1. The van der Waals surface area contributed by atoms with Crippen molar-refractivity contribution in [3.8, 4) is 6.07 Å². The maximum absolute atomic E-state index is 8.34. The molecular formula is C9H16N3. The summed E-state index contributed by atoms with van der Waals surface area (Å²) in [6.45, 7) is 3.15. The minimum atomic E-state index is 0.164. The molecule has 0 aliphatic carbocycles. The van der Waals surface area contributed by atoms with Gasteiger partial charge in [0.1, 0.15) is 0 Å². The van der Waals surface area contributed by atoms with Crippen molar-refractivity contribution in [1.82, 2.24) is 10.6 Å². The summed E-state index contributed by atoms with van der Waals surface area (Å²) < 4.78 is 0. The topological polar surface area (TPSA) is 50.8 Å². The fourth-order valence-electron chi connectivity index (χ4n) is 1.54.